The van der Waals surface area contributed by atoms with Crippen LogP contribution in [0.2, 0.25) is 9.49 Å². The van der Waals surface area contributed by atoms with Crippen molar-refractivity contribution >= 4 is 34.5 Å². The lowest BCUT2D eigenvalue weighted by Crippen LogP contribution is -1.92. The summed E-state index contributed by atoms with van der Waals surface area (Å²) in [6.07, 6.45) is 1.40. The second-order valence-corrected chi connectivity index (χ2v) is 4.72. The van der Waals surface area contributed by atoms with Crippen LogP contribution in [-0.4, -0.2) is 17.1 Å². The summed E-state index contributed by atoms with van der Waals surface area (Å²) in [7, 11) is 1.53. The maximum absolute atomic E-state index is 5.88. The van der Waals surface area contributed by atoms with Gasteiger partial charge in [0.05, 0.1) is 16.3 Å². The average Bonchev–Trinajstić information content (AvgIpc) is 2.64. The third-order valence-electron chi connectivity index (χ3n) is 1.77. The van der Waals surface area contributed by atoms with Crippen molar-refractivity contribution in [2.45, 2.75) is 0 Å². The van der Waals surface area contributed by atoms with Crippen LogP contribution < -0.4 is 4.74 Å². The molecular weight excluding hydrogens is 255 g/mol. The van der Waals surface area contributed by atoms with E-state index < -0.39 is 0 Å². The predicted octanol–water partition coefficient (Wildman–Crippen LogP) is 3.52. The third kappa shape index (κ3) is 2.07. The van der Waals surface area contributed by atoms with Crippen LogP contribution >= 0.6 is 34.5 Å². The van der Waals surface area contributed by atoms with Crippen molar-refractivity contribution in [3.8, 4) is 16.3 Å². The quantitative estimate of drug-likeness (QED) is 0.776. The van der Waals surface area contributed by atoms with Crippen molar-refractivity contribution in [1.29, 1.82) is 0 Å². The summed E-state index contributed by atoms with van der Waals surface area (Å²) < 4.78 is 5.84. The van der Waals surface area contributed by atoms with Gasteiger partial charge in [-0.3, -0.25) is 0 Å². The zero-order valence-electron chi connectivity index (χ0n) is 7.70. The summed E-state index contributed by atoms with van der Waals surface area (Å²) in [6, 6.07) is 3.67. The summed E-state index contributed by atoms with van der Waals surface area (Å²) in [5.74, 6) is 0.470. The maximum atomic E-state index is 5.88. The lowest BCUT2D eigenvalue weighted by molar-refractivity contribution is 0.413. The number of thiophene rings is 1. The van der Waals surface area contributed by atoms with Gasteiger partial charge in [0.15, 0.2) is 10.9 Å². The molecule has 0 amide bonds. The van der Waals surface area contributed by atoms with Crippen molar-refractivity contribution in [3.63, 3.8) is 0 Å². The minimum Gasteiger partial charge on any atom is -0.491 e. The Balaban J connectivity index is 2.57. The Labute approximate surface area is 101 Å². The molecule has 78 valence electrons. The van der Waals surface area contributed by atoms with E-state index in [0.29, 0.717) is 20.9 Å². The molecule has 2 aromatic heterocycles. The Morgan fingerprint density at radius 3 is 2.67 bits per heavy atom. The van der Waals surface area contributed by atoms with Gasteiger partial charge in [-0.1, -0.05) is 23.2 Å². The van der Waals surface area contributed by atoms with E-state index in [1.807, 2.05) is 6.07 Å². The first-order valence-corrected chi connectivity index (χ1v) is 5.60. The SMILES string of the molecule is COc1c(Cl)ncnc1-c1ccc(Cl)s1. The van der Waals surface area contributed by atoms with Gasteiger partial charge in [0.25, 0.3) is 0 Å². The molecule has 6 heteroatoms. The molecule has 2 aromatic rings. The number of hydrogen-bond acceptors (Lipinski definition) is 4. The highest BCUT2D eigenvalue weighted by Crippen LogP contribution is 2.37. The standard InChI is InChI=1S/C9H6Cl2N2OS/c1-14-8-7(12-4-13-9(8)11)5-2-3-6(10)15-5/h2-4H,1H3. The van der Waals surface area contributed by atoms with E-state index in [-0.39, 0.29) is 0 Å². The molecule has 0 atom stereocenters. The molecule has 0 unspecified atom stereocenters. The number of aromatic nitrogens is 2. The molecular formula is C9H6Cl2N2OS. The van der Waals surface area contributed by atoms with E-state index in [1.54, 1.807) is 6.07 Å². The monoisotopic (exact) mass is 260 g/mol. The molecule has 0 fully saturated rings. The lowest BCUT2D eigenvalue weighted by Gasteiger charge is -2.05. The van der Waals surface area contributed by atoms with Crippen molar-refractivity contribution in [1.82, 2.24) is 9.97 Å². The molecule has 2 heterocycles. The van der Waals surface area contributed by atoms with Gasteiger partial charge in [0, 0.05) is 0 Å². The molecule has 3 nitrogen and oxygen atoms in total. The highest BCUT2D eigenvalue weighted by Gasteiger charge is 2.13. The second kappa shape index (κ2) is 4.35. The van der Waals surface area contributed by atoms with Gasteiger partial charge in [0.1, 0.15) is 12.0 Å². The fourth-order valence-electron chi connectivity index (χ4n) is 1.15. The third-order valence-corrected chi connectivity index (χ3v) is 3.28. The van der Waals surface area contributed by atoms with Gasteiger partial charge in [-0.05, 0) is 12.1 Å². The zero-order chi connectivity index (χ0) is 10.8. The van der Waals surface area contributed by atoms with Crippen LogP contribution in [0.5, 0.6) is 5.75 Å². The zero-order valence-corrected chi connectivity index (χ0v) is 10.0. The fourth-order valence-corrected chi connectivity index (χ4v) is 2.40. The van der Waals surface area contributed by atoms with E-state index in [0.717, 1.165) is 4.88 Å². The molecule has 0 aromatic carbocycles. The molecule has 15 heavy (non-hydrogen) atoms. The lowest BCUT2D eigenvalue weighted by atomic mass is 10.3. The highest BCUT2D eigenvalue weighted by atomic mass is 35.5. The normalized spacial score (nSPS) is 10.3. The van der Waals surface area contributed by atoms with Gasteiger partial charge in [-0.15, -0.1) is 11.3 Å². The minimum absolute atomic E-state index is 0.298. The van der Waals surface area contributed by atoms with Crippen molar-refractivity contribution in [2.75, 3.05) is 7.11 Å². The van der Waals surface area contributed by atoms with Crippen LogP contribution in [0.4, 0.5) is 0 Å². The first-order valence-electron chi connectivity index (χ1n) is 4.02. The van der Waals surface area contributed by atoms with Gasteiger partial charge in [0.2, 0.25) is 0 Å². The van der Waals surface area contributed by atoms with Gasteiger partial charge in [-0.25, -0.2) is 9.97 Å². The number of nitrogens with zero attached hydrogens (tertiary/aromatic N) is 2. The summed E-state index contributed by atoms with van der Waals surface area (Å²) in [6.45, 7) is 0. The van der Waals surface area contributed by atoms with Crippen LogP contribution in [0.1, 0.15) is 0 Å². The summed E-state index contributed by atoms with van der Waals surface area (Å²) >= 11 is 13.1. The summed E-state index contributed by atoms with van der Waals surface area (Å²) in [5, 5.41) is 0.298. The second-order valence-electron chi connectivity index (χ2n) is 2.65. The minimum atomic E-state index is 0.298. The first kappa shape index (κ1) is 10.7. The topological polar surface area (TPSA) is 35.0 Å². The van der Waals surface area contributed by atoms with Crippen LogP contribution in [0.25, 0.3) is 10.6 Å². The molecule has 0 aliphatic carbocycles. The van der Waals surface area contributed by atoms with Crippen molar-refractivity contribution < 1.29 is 4.74 Å². The Morgan fingerprint density at radius 1 is 1.27 bits per heavy atom. The molecule has 0 radical (unpaired) electrons. The Bertz CT molecular complexity index is 487. The Hall–Kier alpha value is -0.840. The van der Waals surface area contributed by atoms with Gasteiger partial charge < -0.3 is 4.74 Å². The first-order chi connectivity index (χ1) is 7.22. The van der Waals surface area contributed by atoms with Gasteiger partial charge in [-0.2, -0.15) is 0 Å². The van der Waals surface area contributed by atoms with E-state index in [2.05, 4.69) is 9.97 Å². The van der Waals surface area contributed by atoms with E-state index >= 15 is 0 Å². The van der Waals surface area contributed by atoms with E-state index in [4.69, 9.17) is 27.9 Å². The number of hydrogen-bond donors (Lipinski definition) is 0. The molecule has 0 N–H and O–H groups in total. The maximum Gasteiger partial charge on any atom is 0.183 e. The van der Waals surface area contributed by atoms with Crippen LogP contribution in [0.3, 0.4) is 0 Å². The molecule has 0 aliphatic rings. The van der Waals surface area contributed by atoms with Crippen LogP contribution in [0, 0.1) is 0 Å². The van der Waals surface area contributed by atoms with E-state index in [1.165, 1.54) is 24.8 Å². The predicted molar refractivity (Wildman–Crippen MR) is 61.9 cm³/mol. The fraction of sp³-hybridized carbons (Fsp3) is 0.111. The van der Waals surface area contributed by atoms with E-state index in [9.17, 15) is 0 Å². The summed E-state index contributed by atoms with van der Waals surface area (Å²) in [4.78, 5) is 8.87. The van der Waals surface area contributed by atoms with Gasteiger partial charge >= 0.3 is 0 Å². The number of rotatable bonds is 2. The highest BCUT2D eigenvalue weighted by molar-refractivity contribution is 7.19. The molecule has 0 spiro atoms. The number of halogens is 2. The largest absolute Gasteiger partial charge is 0.491 e. The van der Waals surface area contributed by atoms with Crippen LogP contribution in [0.15, 0.2) is 18.5 Å². The molecule has 0 bridgehead atoms. The average molecular weight is 261 g/mol. The van der Waals surface area contributed by atoms with Crippen LogP contribution in [-0.2, 0) is 0 Å². The molecule has 0 aliphatic heterocycles. The summed E-state index contributed by atoms with van der Waals surface area (Å²) in [5.41, 5.74) is 0.661. The molecule has 0 saturated heterocycles. The number of methoxy groups -OCH3 is 1. The molecule has 2 rings (SSSR count). The Morgan fingerprint density at radius 2 is 2.07 bits per heavy atom. The number of ether oxygens (including phenoxy) is 1. The molecule has 0 saturated carbocycles. The Kier molecular flexibility index (Phi) is 3.09. The van der Waals surface area contributed by atoms with Crippen molar-refractivity contribution in [2.24, 2.45) is 0 Å². The smallest absolute Gasteiger partial charge is 0.183 e. The van der Waals surface area contributed by atoms with Crippen molar-refractivity contribution in [3.05, 3.63) is 27.9 Å².